The lowest BCUT2D eigenvalue weighted by Gasteiger charge is -2.23. The van der Waals surface area contributed by atoms with Crippen molar-refractivity contribution in [3.05, 3.63) is 53.5 Å². The first-order chi connectivity index (χ1) is 12.7. The second-order valence-electron chi connectivity index (χ2n) is 8.35. The van der Waals surface area contributed by atoms with E-state index in [9.17, 15) is 5.11 Å². The van der Waals surface area contributed by atoms with Crippen LogP contribution in [0, 0.1) is 6.92 Å². The molecule has 1 aromatic heterocycles. The second kappa shape index (κ2) is 9.40. The van der Waals surface area contributed by atoms with E-state index in [1.807, 2.05) is 39.2 Å². The second-order valence-corrected chi connectivity index (χ2v) is 8.35. The normalized spacial score (nSPS) is 14.4. The number of aliphatic hydroxyl groups excluding tert-OH is 1. The molecule has 0 aliphatic heterocycles. The molecule has 5 heteroatoms. The lowest BCUT2D eigenvalue weighted by Crippen LogP contribution is -2.37. The number of furan rings is 1. The van der Waals surface area contributed by atoms with Gasteiger partial charge in [0, 0.05) is 13.1 Å². The Kier molecular flexibility index (Phi) is 7.48. The van der Waals surface area contributed by atoms with E-state index in [0.717, 1.165) is 17.1 Å². The van der Waals surface area contributed by atoms with Crippen molar-refractivity contribution in [2.75, 3.05) is 33.8 Å². The van der Waals surface area contributed by atoms with E-state index in [4.69, 9.17) is 9.15 Å². The van der Waals surface area contributed by atoms with Gasteiger partial charge in [-0.3, -0.25) is 4.90 Å². The van der Waals surface area contributed by atoms with Crippen LogP contribution in [0.2, 0.25) is 0 Å². The summed E-state index contributed by atoms with van der Waals surface area (Å²) < 4.78 is 11.3. The summed E-state index contributed by atoms with van der Waals surface area (Å²) in [6.45, 7) is 10.0. The summed E-state index contributed by atoms with van der Waals surface area (Å²) >= 11 is 0. The first-order valence-corrected chi connectivity index (χ1v) is 9.51. The van der Waals surface area contributed by atoms with Crippen LogP contribution in [0.15, 0.2) is 41.0 Å². The zero-order chi connectivity index (χ0) is 20.0. The molecule has 0 fully saturated rings. The monoisotopic (exact) mass is 374 g/mol. The van der Waals surface area contributed by atoms with Crippen molar-refractivity contribution in [2.24, 2.45) is 0 Å². The molecule has 0 aliphatic carbocycles. The van der Waals surface area contributed by atoms with Crippen LogP contribution in [0.4, 0.5) is 0 Å². The predicted molar refractivity (Wildman–Crippen MR) is 109 cm³/mol. The molecule has 0 amide bonds. The van der Waals surface area contributed by atoms with Gasteiger partial charge in [-0.05, 0) is 55.8 Å². The van der Waals surface area contributed by atoms with E-state index in [2.05, 4.69) is 43.1 Å². The molecule has 0 radical (unpaired) electrons. The number of ether oxygens (including phenoxy) is 1. The van der Waals surface area contributed by atoms with Gasteiger partial charge in [0.2, 0.25) is 0 Å². The molecule has 1 aromatic carbocycles. The molecule has 2 atom stereocenters. The number of rotatable bonds is 9. The molecule has 0 saturated carbocycles. The molecule has 0 aliphatic rings. The van der Waals surface area contributed by atoms with Gasteiger partial charge in [-0.2, -0.15) is 0 Å². The molecular formula is C22H34N2O3. The van der Waals surface area contributed by atoms with Crippen molar-refractivity contribution >= 4 is 0 Å². The minimum absolute atomic E-state index is 0.115. The fraction of sp³-hybridized carbons (Fsp3) is 0.545. The van der Waals surface area contributed by atoms with Crippen molar-refractivity contribution in [1.82, 2.24) is 10.2 Å². The summed E-state index contributed by atoms with van der Waals surface area (Å²) in [5.41, 5.74) is 2.49. The zero-order valence-electron chi connectivity index (χ0n) is 17.5. The standard InChI is InChI=1S/C22H34N2O3/c1-16-12-17(22(2,3)4)9-10-20(16)27-15-18(25)13-23-14-19(24(5)6)21-8-7-11-26-21/h7-12,18-19,23,25H,13-15H2,1-6H3/t18-,19-/m0/s1. The third-order valence-corrected chi connectivity index (χ3v) is 4.68. The Balaban J connectivity index is 1.80. The van der Waals surface area contributed by atoms with Crippen molar-refractivity contribution < 1.29 is 14.3 Å². The van der Waals surface area contributed by atoms with E-state index in [0.29, 0.717) is 13.1 Å². The van der Waals surface area contributed by atoms with E-state index in [1.165, 1.54) is 5.56 Å². The van der Waals surface area contributed by atoms with Gasteiger partial charge in [0.1, 0.15) is 24.2 Å². The Morgan fingerprint density at radius 3 is 2.48 bits per heavy atom. The van der Waals surface area contributed by atoms with Crippen molar-refractivity contribution in [2.45, 2.75) is 45.3 Å². The molecule has 5 nitrogen and oxygen atoms in total. The number of aliphatic hydroxyl groups is 1. The molecule has 150 valence electrons. The maximum absolute atomic E-state index is 10.2. The fourth-order valence-corrected chi connectivity index (χ4v) is 2.93. The van der Waals surface area contributed by atoms with Crippen molar-refractivity contribution in [1.29, 1.82) is 0 Å². The van der Waals surface area contributed by atoms with Crippen LogP contribution in [-0.2, 0) is 5.41 Å². The summed E-state index contributed by atoms with van der Waals surface area (Å²) in [4.78, 5) is 2.09. The van der Waals surface area contributed by atoms with Crippen LogP contribution in [0.3, 0.4) is 0 Å². The van der Waals surface area contributed by atoms with Gasteiger partial charge in [-0.15, -0.1) is 0 Å². The molecule has 0 unspecified atom stereocenters. The maximum Gasteiger partial charge on any atom is 0.122 e. The predicted octanol–water partition coefficient (Wildman–Crippen LogP) is 3.52. The summed E-state index contributed by atoms with van der Waals surface area (Å²) in [7, 11) is 4.02. The van der Waals surface area contributed by atoms with Crippen LogP contribution in [0.25, 0.3) is 0 Å². The lowest BCUT2D eigenvalue weighted by molar-refractivity contribution is 0.103. The van der Waals surface area contributed by atoms with Crippen LogP contribution < -0.4 is 10.1 Å². The number of aryl methyl sites for hydroxylation is 1. The van der Waals surface area contributed by atoms with Gasteiger partial charge in [-0.1, -0.05) is 32.9 Å². The van der Waals surface area contributed by atoms with Gasteiger partial charge < -0.3 is 19.6 Å². The number of likely N-dealkylation sites (N-methyl/N-ethyl adjacent to an activating group) is 1. The molecule has 27 heavy (non-hydrogen) atoms. The smallest absolute Gasteiger partial charge is 0.122 e. The highest BCUT2D eigenvalue weighted by molar-refractivity contribution is 5.38. The fourth-order valence-electron chi connectivity index (χ4n) is 2.93. The van der Waals surface area contributed by atoms with Gasteiger partial charge in [0.15, 0.2) is 0 Å². The summed E-state index contributed by atoms with van der Waals surface area (Å²) in [6.07, 6.45) is 1.10. The Morgan fingerprint density at radius 2 is 1.93 bits per heavy atom. The summed E-state index contributed by atoms with van der Waals surface area (Å²) in [5, 5.41) is 13.5. The van der Waals surface area contributed by atoms with Gasteiger partial charge in [0.05, 0.1) is 12.3 Å². The molecule has 0 saturated heterocycles. The van der Waals surface area contributed by atoms with Crippen molar-refractivity contribution in [3.63, 3.8) is 0 Å². The lowest BCUT2D eigenvalue weighted by atomic mass is 9.86. The molecule has 2 aromatic rings. The third-order valence-electron chi connectivity index (χ3n) is 4.68. The van der Waals surface area contributed by atoms with Crippen LogP contribution in [-0.4, -0.2) is 49.9 Å². The topological polar surface area (TPSA) is 57.9 Å². The van der Waals surface area contributed by atoms with E-state index >= 15 is 0 Å². The highest BCUT2D eigenvalue weighted by atomic mass is 16.5. The quantitative estimate of drug-likeness (QED) is 0.703. The number of hydrogen-bond acceptors (Lipinski definition) is 5. The number of nitrogens with zero attached hydrogens (tertiary/aromatic N) is 1. The Bertz CT molecular complexity index is 690. The minimum atomic E-state index is -0.578. The van der Waals surface area contributed by atoms with E-state index in [-0.39, 0.29) is 18.1 Å². The Morgan fingerprint density at radius 1 is 1.19 bits per heavy atom. The molecular weight excluding hydrogens is 340 g/mol. The average Bonchev–Trinajstić information content (AvgIpc) is 3.10. The van der Waals surface area contributed by atoms with Crippen LogP contribution in [0.1, 0.15) is 43.7 Å². The molecule has 2 N–H and O–H groups in total. The molecule has 0 bridgehead atoms. The molecule has 0 spiro atoms. The number of nitrogens with one attached hydrogen (secondary N) is 1. The first-order valence-electron chi connectivity index (χ1n) is 9.51. The van der Waals surface area contributed by atoms with Gasteiger partial charge in [-0.25, -0.2) is 0 Å². The van der Waals surface area contributed by atoms with Crippen LogP contribution in [0.5, 0.6) is 5.75 Å². The minimum Gasteiger partial charge on any atom is -0.491 e. The third kappa shape index (κ3) is 6.38. The molecule has 1 heterocycles. The highest BCUT2D eigenvalue weighted by Crippen LogP contribution is 2.27. The van der Waals surface area contributed by atoms with Gasteiger partial charge >= 0.3 is 0 Å². The first kappa shape index (κ1) is 21.5. The SMILES string of the molecule is Cc1cc(C(C)(C)C)ccc1OC[C@@H](O)CNC[C@@H](c1ccco1)N(C)C. The molecule has 2 rings (SSSR count). The summed E-state index contributed by atoms with van der Waals surface area (Å²) in [5.74, 6) is 1.73. The number of benzene rings is 1. The van der Waals surface area contributed by atoms with Gasteiger partial charge in [0.25, 0.3) is 0 Å². The van der Waals surface area contributed by atoms with Crippen LogP contribution >= 0.6 is 0 Å². The van der Waals surface area contributed by atoms with Crippen molar-refractivity contribution in [3.8, 4) is 5.75 Å². The Labute approximate surface area is 163 Å². The Hall–Kier alpha value is -1.82. The van der Waals surface area contributed by atoms with E-state index < -0.39 is 6.10 Å². The highest BCUT2D eigenvalue weighted by Gasteiger charge is 2.18. The largest absolute Gasteiger partial charge is 0.491 e. The van der Waals surface area contributed by atoms with E-state index in [1.54, 1.807) is 6.26 Å². The number of hydrogen-bond donors (Lipinski definition) is 2. The maximum atomic E-state index is 10.2. The zero-order valence-corrected chi connectivity index (χ0v) is 17.5. The summed E-state index contributed by atoms with van der Waals surface area (Å²) in [6, 6.07) is 10.2. The average molecular weight is 375 g/mol.